The van der Waals surface area contributed by atoms with Crippen LogP contribution in [0.25, 0.3) is 11.0 Å². The van der Waals surface area contributed by atoms with Gasteiger partial charge in [-0.3, -0.25) is 4.79 Å². The van der Waals surface area contributed by atoms with Gasteiger partial charge in [-0.1, -0.05) is 6.92 Å². The number of imidazole rings is 1. The fraction of sp³-hybridized carbons (Fsp3) is 0.600. The van der Waals surface area contributed by atoms with E-state index in [4.69, 9.17) is 0 Å². The molecule has 0 saturated carbocycles. The van der Waals surface area contributed by atoms with Crippen LogP contribution in [0.3, 0.4) is 0 Å². The van der Waals surface area contributed by atoms with Gasteiger partial charge in [-0.25, -0.2) is 13.4 Å². The van der Waals surface area contributed by atoms with Gasteiger partial charge in [0.2, 0.25) is 15.9 Å². The number of carbonyl (C=O) groups excluding carboxylic acids is 1. The van der Waals surface area contributed by atoms with Crippen LogP contribution in [-0.2, 0) is 21.4 Å². The normalized spacial score (nSPS) is 19.5. The van der Waals surface area contributed by atoms with Crippen LogP contribution in [0.15, 0.2) is 29.4 Å². The van der Waals surface area contributed by atoms with Crippen LogP contribution in [0.2, 0.25) is 0 Å². The highest BCUT2D eigenvalue weighted by Gasteiger charge is 2.27. The highest BCUT2D eigenvalue weighted by Crippen LogP contribution is 2.24. The Morgan fingerprint density at radius 1 is 1.14 bits per heavy atom. The molecule has 2 aromatic rings. The molecule has 2 saturated heterocycles. The molecule has 2 aliphatic rings. The number of amides is 1. The first kappa shape index (κ1) is 19.4. The molecule has 0 bridgehead atoms. The molecule has 1 aromatic carbocycles. The molecule has 152 valence electrons. The quantitative estimate of drug-likeness (QED) is 0.767. The van der Waals surface area contributed by atoms with Gasteiger partial charge in [-0.2, -0.15) is 4.31 Å². The lowest BCUT2D eigenvalue weighted by molar-refractivity contribution is -0.132. The highest BCUT2D eigenvalue weighted by atomic mass is 32.2. The Labute approximate surface area is 166 Å². The number of fused-ring (bicyclic) bond motifs is 1. The predicted octanol–water partition coefficient (Wildman–Crippen LogP) is 2.47. The Morgan fingerprint density at radius 2 is 1.86 bits per heavy atom. The fourth-order valence-corrected chi connectivity index (χ4v) is 5.63. The summed E-state index contributed by atoms with van der Waals surface area (Å²) in [7, 11) is -3.44. The molecule has 2 aliphatic heterocycles. The lowest BCUT2D eigenvalue weighted by Crippen LogP contribution is -2.38. The van der Waals surface area contributed by atoms with Crippen molar-refractivity contribution in [2.45, 2.75) is 50.5 Å². The summed E-state index contributed by atoms with van der Waals surface area (Å²) in [6.07, 6.45) is 6.12. The number of hydrogen-bond acceptors (Lipinski definition) is 4. The maximum atomic E-state index is 12.7. The minimum absolute atomic E-state index is 0.182. The number of rotatable bonds is 5. The molecule has 1 aromatic heterocycles. The van der Waals surface area contributed by atoms with E-state index in [1.807, 2.05) is 9.47 Å². The van der Waals surface area contributed by atoms with Crippen LogP contribution in [-0.4, -0.2) is 59.3 Å². The van der Waals surface area contributed by atoms with E-state index in [1.165, 1.54) is 0 Å². The van der Waals surface area contributed by atoms with Crippen molar-refractivity contribution < 1.29 is 13.2 Å². The van der Waals surface area contributed by atoms with Crippen molar-refractivity contribution in [2.75, 3.05) is 26.2 Å². The number of benzene rings is 1. The van der Waals surface area contributed by atoms with E-state index < -0.39 is 10.0 Å². The van der Waals surface area contributed by atoms with Gasteiger partial charge in [0.25, 0.3) is 0 Å². The summed E-state index contributed by atoms with van der Waals surface area (Å²) in [4.78, 5) is 19.1. The van der Waals surface area contributed by atoms with Crippen molar-refractivity contribution >= 4 is 27.0 Å². The highest BCUT2D eigenvalue weighted by molar-refractivity contribution is 7.89. The minimum Gasteiger partial charge on any atom is -0.343 e. The monoisotopic (exact) mass is 404 g/mol. The zero-order chi connectivity index (χ0) is 19.7. The number of nitrogens with zero attached hydrogens (tertiary/aromatic N) is 4. The Balaban J connectivity index is 1.45. The largest absolute Gasteiger partial charge is 0.343 e. The van der Waals surface area contributed by atoms with Crippen molar-refractivity contribution in [3.05, 3.63) is 24.5 Å². The van der Waals surface area contributed by atoms with Gasteiger partial charge in [0, 0.05) is 39.1 Å². The van der Waals surface area contributed by atoms with Gasteiger partial charge in [-0.05, 0) is 49.8 Å². The molecule has 0 atom stereocenters. The topological polar surface area (TPSA) is 75.5 Å². The van der Waals surface area contributed by atoms with Crippen LogP contribution in [0.1, 0.15) is 39.0 Å². The fourth-order valence-electron chi connectivity index (χ4n) is 4.09. The summed E-state index contributed by atoms with van der Waals surface area (Å²) < 4.78 is 29.0. The van der Waals surface area contributed by atoms with E-state index in [0.717, 1.165) is 44.3 Å². The van der Waals surface area contributed by atoms with Gasteiger partial charge in [0.1, 0.15) is 0 Å². The van der Waals surface area contributed by atoms with Crippen molar-refractivity contribution in [1.82, 2.24) is 18.8 Å². The van der Waals surface area contributed by atoms with Crippen molar-refractivity contribution in [2.24, 2.45) is 5.92 Å². The second-order valence-corrected chi connectivity index (χ2v) is 9.95. The first-order valence-electron chi connectivity index (χ1n) is 10.2. The predicted molar refractivity (Wildman–Crippen MR) is 107 cm³/mol. The molecule has 1 amide bonds. The summed E-state index contributed by atoms with van der Waals surface area (Å²) in [5.41, 5.74) is 1.51. The Kier molecular flexibility index (Phi) is 5.42. The summed E-state index contributed by atoms with van der Waals surface area (Å²) in [5.74, 6) is 0.884. The molecule has 2 fully saturated rings. The summed E-state index contributed by atoms with van der Waals surface area (Å²) in [5, 5.41) is 0. The molecule has 0 unspecified atom stereocenters. The van der Waals surface area contributed by atoms with E-state index >= 15 is 0 Å². The van der Waals surface area contributed by atoms with Crippen LogP contribution < -0.4 is 0 Å². The van der Waals surface area contributed by atoms with Gasteiger partial charge >= 0.3 is 0 Å². The Hall–Kier alpha value is -1.93. The lowest BCUT2D eigenvalue weighted by atomic mass is 9.99. The Morgan fingerprint density at radius 3 is 2.57 bits per heavy atom. The number of aryl methyl sites for hydroxylation is 1. The third-order valence-corrected chi connectivity index (χ3v) is 7.89. The third-order valence-electron chi connectivity index (χ3n) is 6.00. The summed E-state index contributed by atoms with van der Waals surface area (Å²) in [6, 6.07) is 5.10. The number of carbonyl (C=O) groups is 1. The number of hydrogen-bond donors (Lipinski definition) is 0. The first-order chi connectivity index (χ1) is 13.4. The third kappa shape index (κ3) is 3.80. The van der Waals surface area contributed by atoms with E-state index in [0.29, 0.717) is 42.4 Å². The Bertz CT molecular complexity index is 955. The van der Waals surface area contributed by atoms with Crippen LogP contribution in [0, 0.1) is 5.92 Å². The van der Waals surface area contributed by atoms with Crippen molar-refractivity contribution in [1.29, 1.82) is 0 Å². The minimum atomic E-state index is -3.44. The van der Waals surface area contributed by atoms with Crippen molar-refractivity contribution in [3.8, 4) is 0 Å². The molecule has 0 N–H and O–H groups in total. The second-order valence-electron chi connectivity index (χ2n) is 8.01. The van der Waals surface area contributed by atoms with E-state index in [9.17, 15) is 13.2 Å². The molecule has 0 spiro atoms. The van der Waals surface area contributed by atoms with Gasteiger partial charge in [0.05, 0.1) is 22.3 Å². The summed E-state index contributed by atoms with van der Waals surface area (Å²) in [6.45, 7) is 5.67. The van der Waals surface area contributed by atoms with Crippen LogP contribution >= 0.6 is 0 Å². The van der Waals surface area contributed by atoms with Gasteiger partial charge in [0.15, 0.2) is 0 Å². The van der Waals surface area contributed by atoms with Gasteiger partial charge < -0.3 is 9.47 Å². The molecule has 4 rings (SSSR count). The maximum absolute atomic E-state index is 12.7. The van der Waals surface area contributed by atoms with E-state index in [2.05, 4.69) is 11.9 Å². The molecule has 0 aliphatic carbocycles. The molecular formula is C20H28N4O3S. The average Bonchev–Trinajstić information content (AvgIpc) is 3.36. The molecule has 8 heteroatoms. The summed E-state index contributed by atoms with van der Waals surface area (Å²) >= 11 is 0. The average molecular weight is 405 g/mol. The van der Waals surface area contributed by atoms with Gasteiger partial charge in [-0.15, -0.1) is 0 Å². The SMILES string of the molecule is CC1CCN(C(=O)CCn2cnc3cc(S(=O)(=O)N4CCCC4)ccc32)CC1. The zero-order valence-electron chi connectivity index (χ0n) is 16.4. The first-order valence-corrected chi connectivity index (χ1v) is 11.6. The van der Waals surface area contributed by atoms with Crippen molar-refractivity contribution in [3.63, 3.8) is 0 Å². The maximum Gasteiger partial charge on any atom is 0.243 e. The molecule has 7 nitrogen and oxygen atoms in total. The van der Waals surface area contributed by atoms with Crippen LogP contribution in [0.4, 0.5) is 0 Å². The second kappa shape index (κ2) is 7.83. The molecular weight excluding hydrogens is 376 g/mol. The number of sulfonamides is 1. The lowest BCUT2D eigenvalue weighted by Gasteiger charge is -2.30. The zero-order valence-corrected chi connectivity index (χ0v) is 17.2. The molecule has 3 heterocycles. The standard InChI is InChI=1S/C20H28N4O3S/c1-16-6-11-22(12-7-16)20(25)8-13-23-15-21-18-14-17(4-5-19(18)23)28(26,27)24-9-2-3-10-24/h4-5,14-16H,2-3,6-13H2,1H3. The van der Waals surface area contributed by atoms with E-state index in [-0.39, 0.29) is 5.91 Å². The molecule has 0 radical (unpaired) electrons. The molecule has 28 heavy (non-hydrogen) atoms. The number of aromatic nitrogens is 2. The number of likely N-dealkylation sites (tertiary alicyclic amines) is 1. The number of piperidine rings is 1. The van der Waals surface area contributed by atoms with Crippen LogP contribution in [0.5, 0.6) is 0 Å². The van der Waals surface area contributed by atoms with E-state index in [1.54, 1.807) is 28.8 Å². The smallest absolute Gasteiger partial charge is 0.243 e.